The van der Waals surface area contributed by atoms with Gasteiger partial charge in [-0.25, -0.2) is 4.98 Å². The van der Waals surface area contributed by atoms with Gasteiger partial charge in [0.25, 0.3) is 0 Å². The Hall–Kier alpha value is -2.23. The Morgan fingerprint density at radius 2 is 1.87 bits per heavy atom. The first kappa shape index (κ1) is 25.0. The number of benzene rings is 1. The molecular formula is C23H34IN5O2. The summed E-state index contributed by atoms with van der Waals surface area (Å²) in [5.74, 6) is 3.17. The minimum Gasteiger partial charge on any atom is -0.493 e. The van der Waals surface area contributed by atoms with Crippen molar-refractivity contribution in [1.29, 1.82) is 0 Å². The Balaban J connectivity index is 0.00000341. The Labute approximate surface area is 202 Å². The SMILES string of the molecule is CCOc1cc(NC(=NC)NCc2ccc(N3CCCCCC3)nc2)ccc1OC.I. The number of ether oxygens (including phenoxy) is 2. The van der Waals surface area contributed by atoms with Crippen LogP contribution in [0.2, 0.25) is 0 Å². The van der Waals surface area contributed by atoms with E-state index in [4.69, 9.17) is 9.47 Å². The fourth-order valence-corrected chi connectivity index (χ4v) is 3.53. The van der Waals surface area contributed by atoms with Crippen molar-refractivity contribution in [1.82, 2.24) is 10.3 Å². The lowest BCUT2D eigenvalue weighted by Gasteiger charge is -2.21. The molecule has 8 heteroatoms. The van der Waals surface area contributed by atoms with Crippen LogP contribution in [0.1, 0.15) is 38.2 Å². The molecule has 31 heavy (non-hydrogen) atoms. The second-order valence-electron chi connectivity index (χ2n) is 7.28. The first-order chi connectivity index (χ1) is 14.7. The first-order valence-electron chi connectivity index (χ1n) is 10.7. The summed E-state index contributed by atoms with van der Waals surface area (Å²) < 4.78 is 11.0. The normalized spacial score (nSPS) is 14.3. The molecule has 3 rings (SSSR count). The van der Waals surface area contributed by atoms with Gasteiger partial charge < -0.3 is 25.0 Å². The van der Waals surface area contributed by atoms with E-state index in [-0.39, 0.29) is 24.0 Å². The van der Waals surface area contributed by atoms with Gasteiger partial charge in [0.1, 0.15) is 5.82 Å². The van der Waals surface area contributed by atoms with Crippen LogP contribution in [-0.4, -0.2) is 44.8 Å². The molecular weight excluding hydrogens is 505 g/mol. The van der Waals surface area contributed by atoms with Gasteiger partial charge >= 0.3 is 0 Å². The van der Waals surface area contributed by atoms with E-state index in [2.05, 4.69) is 37.6 Å². The number of nitrogens with zero attached hydrogens (tertiary/aromatic N) is 3. The van der Waals surface area contributed by atoms with Crippen molar-refractivity contribution in [3.05, 3.63) is 42.1 Å². The maximum atomic E-state index is 5.64. The predicted molar refractivity (Wildman–Crippen MR) is 138 cm³/mol. The average molecular weight is 539 g/mol. The standard InChI is InChI=1S/C23H33N5O2.HI/c1-4-30-21-15-19(10-11-20(21)29-3)27-23(24-2)26-17-18-9-12-22(25-16-18)28-13-7-5-6-8-14-28;/h9-12,15-16H,4-8,13-14,17H2,1-3H3,(H2,24,26,27);1H. The third kappa shape index (κ3) is 7.45. The van der Waals surface area contributed by atoms with E-state index in [1.165, 1.54) is 25.7 Å². The van der Waals surface area contributed by atoms with Gasteiger partial charge in [-0.05, 0) is 43.5 Å². The van der Waals surface area contributed by atoms with Crippen LogP contribution in [0, 0.1) is 0 Å². The van der Waals surface area contributed by atoms with Crippen molar-refractivity contribution >= 4 is 41.4 Å². The number of pyridine rings is 1. The number of hydrogen-bond donors (Lipinski definition) is 2. The van der Waals surface area contributed by atoms with Gasteiger partial charge in [-0.15, -0.1) is 24.0 Å². The van der Waals surface area contributed by atoms with Gasteiger partial charge in [0.15, 0.2) is 17.5 Å². The van der Waals surface area contributed by atoms with E-state index < -0.39 is 0 Å². The number of rotatable bonds is 7. The first-order valence-corrected chi connectivity index (χ1v) is 10.7. The largest absolute Gasteiger partial charge is 0.493 e. The van der Waals surface area contributed by atoms with Gasteiger partial charge in [-0.3, -0.25) is 4.99 Å². The van der Waals surface area contributed by atoms with Crippen molar-refractivity contribution in [2.75, 3.05) is 44.1 Å². The van der Waals surface area contributed by atoms with E-state index in [0.29, 0.717) is 30.6 Å². The van der Waals surface area contributed by atoms with E-state index in [9.17, 15) is 0 Å². The molecule has 0 radical (unpaired) electrons. The van der Waals surface area contributed by atoms with Crippen LogP contribution in [0.4, 0.5) is 11.5 Å². The maximum Gasteiger partial charge on any atom is 0.195 e. The van der Waals surface area contributed by atoms with Gasteiger partial charge in [-0.2, -0.15) is 0 Å². The molecule has 0 spiro atoms. The number of halogens is 1. The van der Waals surface area contributed by atoms with Crippen molar-refractivity contribution < 1.29 is 9.47 Å². The summed E-state index contributed by atoms with van der Waals surface area (Å²) in [6.45, 7) is 5.38. The van der Waals surface area contributed by atoms with Gasteiger partial charge in [-0.1, -0.05) is 18.9 Å². The zero-order valence-electron chi connectivity index (χ0n) is 18.7. The van der Waals surface area contributed by atoms with Crippen LogP contribution < -0.4 is 25.0 Å². The van der Waals surface area contributed by atoms with Gasteiger partial charge in [0, 0.05) is 44.6 Å². The Kier molecular flexibility index (Phi) is 10.7. The Morgan fingerprint density at radius 3 is 2.48 bits per heavy atom. The minimum absolute atomic E-state index is 0. The predicted octanol–water partition coefficient (Wildman–Crippen LogP) is 4.67. The second kappa shape index (κ2) is 13.2. The summed E-state index contributed by atoms with van der Waals surface area (Å²) in [7, 11) is 3.39. The van der Waals surface area contributed by atoms with Crippen LogP contribution >= 0.6 is 24.0 Å². The molecule has 1 saturated heterocycles. The van der Waals surface area contributed by atoms with Crippen molar-refractivity contribution in [2.45, 2.75) is 39.2 Å². The fourth-order valence-electron chi connectivity index (χ4n) is 3.53. The summed E-state index contributed by atoms with van der Waals surface area (Å²) in [6, 6.07) is 9.98. The molecule has 0 aliphatic carbocycles. The molecule has 1 fully saturated rings. The molecule has 1 aliphatic heterocycles. The third-order valence-electron chi connectivity index (χ3n) is 5.15. The molecule has 7 nitrogen and oxygen atoms in total. The smallest absolute Gasteiger partial charge is 0.195 e. The summed E-state index contributed by atoms with van der Waals surface area (Å²) >= 11 is 0. The molecule has 0 unspecified atom stereocenters. The van der Waals surface area contributed by atoms with E-state index in [1.54, 1.807) is 14.2 Å². The number of nitrogens with one attached hydrogen (secondary N) is 2. The molecule has 2 heterocycles. The average Bonchev–Trinajstić information content (AvgIpc) is 3.07. The van der Waals surface area contributed by atoms with Crippen LogP contribution in [0.25, 0.3) is 0 Å². The lowest BCUT2D eigenvalue weighted by molar-refractivity contribution is 0.311. The highest BCUT2D eigenvalue weighted by Crippen LogP contribution is 2.30. The summed E-state index contributed by atoms with van der Waals surface area (Å²) in [6.07, 6.45) is 7.10. The number of aromatic nitrogens is 1. The molecule has 170 valence electrons. The molecule has 1 aliphatic rings. The van der Waals surface area contributed by atoms with Crippen LogP contribution in [0.3, 0.4) is 0 Å². The molecule has 2 N–H and O–H groups in total. The van der Waals surface area contributed by atoms with Crippen LogP contribution in [-0.2, 0) is 6.54 Å². The lowest BCUT2D eigenvalue weighted by Crippen LogP contribution is -2.30. The Bertz CT molecular complexity index is 821. The van der Waals surface area contributed by atoms with Crippen LogP contribution in [0.5, 0.6) is 11.5 Å². The Morgan fingerprint density at radius 1 is 1.10 bits per heavy atom. The van der Waals surface area contributed by atoms with E-state index in [0.717, 1.165) is 30.2 Å². The van der Waals surface area contributed by atoms with E-state index >= 15 is 0 Å². The topological polar surface area (TPSA) is 71.0 Å². The summed E-state index contributed by atoms with van der Waals surface area (Å²) in [5, 5.41) is 6.63. The molecule has 2 aromatic rings. The summed E-state index contributed by atoms with van der Waals surface area (Å²) in [5.41, 5.74) is 1.99. The maximum absolute atomic E-state index is 5.64. The lowest BCUT2D eigenvalue weighted by atomic mass is 10.2. The second-order valence-corrected chi connectivity index (χ2v) is 7.28. The highest BCUT2D eigenvalue weighted by Gasteiger charge is 2.11. The fraction of sp³-hybridized carbons (Fsp3) is 0.478. The van der Waals surface area contributed by atoms with Crippen molar-refractivity contribution in [3.63, 3.8) is 0 Å². The zero-order chi connectivity index (χ0) is 21.2. The number of hydrogen-bond acceptors (Lipinski definition) is 5. The quantitative estimate of drug-likeness (QED) is 0.303. The minimum atomic E-state index is 0. The number of methoxy groups -OCH3 is 1. The van der Waals surface area contributed by atoms with Crippen LogP contribution in [0.15, 0.2) is 41.5 Å². The molecule has 0 amide bonds. The highest BCUT2D eigenvalue weighted by molar-refractivity contribution is 14.0. The summed E-state index contributed by atoms with van der Waals surface area (Å²) in [4.78, 5) is 11.4. The van der Waals surface area contributed by atoms with Gasteiger partial charge in [0.05, 0.1) is 13.7 Å². The number of anilines is 2. The van der Waals surface area contributed by atoms with Crippen molar-refractivity contribution in [3.8, 4) is 11.5 Å². The molecule has 1 aromatic heterocycles. The monoisotopic (exact) mass is 539 g/mol. The number of aliphatic imine (C=N–C) groups is 1. The molecule has 1 aromatic carbocycles. The number of guanidine groups is 1. The zero-order valence-corrected chi connectivity index (χ0v) is 21.0. The van der Waals surface area contributed by atoms with Gasteiger partial charge in [0.2, 0.25) is 0 Å². The highest BCUT2D eigenvalue weighted by atomic mass is 127. The van der Waals surface area contributed by atoms with E-state index in [1.807, 2.05) is 31.3 Å². The molecule has 0 saturated carbocycles. The molecule has 0 atom stereocenters. The van der Waals surface area contributed by atoms with Crippen molar-refractivity contribution in [2.24, 2.45) is 4.99 Å². The molecule has 0 bridgehead atoms. The third-order valence-corrected chi connectivity index (χ3v) is 5.15.